The highest BCUT2D eigenvalue weighted by Crippen LogP contribution is 2.49. The molecule has 1 aliphatic carbocycles. The third-order valence-electron chi connectivity index (χ3n) is 18.9. The van der Waals surface area contributed by atoms with Crippen LogP contribution in [0.1, 0.15) is 25.6 Å². The number of hydrogen-bond acceptors (Lipinski definition) is 3. The molecule has 11 aromatic carbocycles. The zero-order valence-electron chi connectivity index (χ0n) is 49.5. The Morgan fingerprint density at radius 1 is 0.352 bits per heavy atom. The molecule has 19 rings (SSSR count). The monoisotopic (exact) mass is 1160 g/mol. The maximum atomic E-state index is 6.63. The number of allylic oxidation sites excluding steroid dienone is 8. The second kappa shape index (κ2) is 19.6. The molecule has 9 heteroatoms. The standard InChI is InChI=1S/C82H53N9/c1-3-5-26-51(4-2)80-83-81(90-70-41-24-20-37-58(70)62-45-49-66-64-47-43-60-56-35-18-22-39-68(56)86(52-27-10-6-11-28-52)72(60)74(64)88(76(66)78(62)90)54-31-14-8-15-32-54)85-82(84-80)91-71-42-25-21-38-59(71)63-46-50-67-65-48-44-61-57-36-19-23-40-69(57)87(53-29-12-7-13-30-53)73(61)75(65)89(77(67)79(63)91)55-33-16-9-17-34-55/h2-3,5-6,8-12,14-50H,7,13H2,1H3/b5-3-,51-26+. The lowest BCUT2D eigenvalue weighted by Gasteiger charge is -2.16. The van der Waals surface area contributed by atoms with Crippen LogP contribution >= 0.6 is 0 Å². The van der Waals surface area contributed by atoms with Gasteiger partial charge in [-0.25, -0.2) is 0 Å². The summed E-state index contributed by atoms with van der Waals surface area (Å²) in [5.41, 5.74) is 17.5. The molecule has 0 aliphatic heterocycles. The van der Waals surface area contributed by atoms with Gasteiger partial charge in [-0.1, -0.05) is 206 Å². The fourth-order valence-corrected chi connectivity index (χ4v) is 15.2. The van der Waals surface area contributed by atoms with Gasteiger partial charge >= 0.3 is 0 Å². The summed E-state index contributed by atoms with van der Waals surface area (Å²) >= 11 is 0. The van der Waals surface area contributed by atoms with Crippen LogP contribution < -0.4 is 0 Å². The van der Waals surface area contributed by atoms with Gasteiger partial charge in [0.15, 0.2) is 5.82 Å². The van der Waals surface area contributed by atoms with Gasteiger partial charge in [0.25, 0.3) is 0 Å². The second-order valence-electron chi connectivity index (χ2n) is 23.6. The average molecular weight is 1160 g/mol. The highest BCUT2D eigenvalue weighted by atomic mass is 15.3. The molecule has 18 aromatic rings. The van der Waals surface area contributed by atoms with Crippen LogP contribution in [-0.2, 0) is 0 Å². The summed E-state index contributed by atoms with van der Waals surface area (Å²) in [7, 11) is 0. The predicted molar refractivity (Wildman–Crippen MR) is 379 cm³/mol. The normalized spacial score (nSPS) is 13.3. The molecule has 0 saturated heterocycles. The molecule has 91 heavy (non-hydrogen) atoms. The van der Waals surface area contributed by atoms with Gasteiger partial charge in [0.05, 0.1) is 71.8 Å². The van der Waals surface area contributed by atoms with Gasteiger partial charge in [0.1, 0.15) is 0 Å². The summed E-state index contributed by atoms with van der Waals surface area (Å²) in [6.07, 6.45) is 21.5. The first-order valence-corrected chi connectivity index (χ1v) is 31.1. The Morgan fingerprint density at radius 3 is 1.07 bits per heavy atom. The average Bonchev–Trinajstić information content (AvgIpc) is 1.54. The molecular weight excluding hydrogens is 1110 g/mol. The third-order valence-corrected chi connectivity index (χ3v) is 18.9. The predicted octanol–water partition coefficient (Wildman–Crippen LogP) is 20.2. The van der Waals surface area contributed by atoms with Crippen LogP contribution in [0.25, 0.3) is 171 Å². The van der Waals surface area contributed by atoms with E-state index in [1.807, 2.05) is 25.2 Å². The topological polar surface area (TPSA) is 68.2 Å². The Kier molecular flexibility index (Phi) is 11.0. The number of benzene rings is 11. The Morgan fingerprint density at radius 2 is 0.681 bits per heavy atom. The number of para-hydroxylation sites is 7. The Balaban J connectivity index is 0.986. The van der Waals surface area contributed by atoms with Crippen LogP contribution in [-0.4, -0.2) is 42.4 Å². The van der Waals surface area contributed by atoms with Gasteiger partial charge in [-0.2, -0.15) is 15.0 Å². The Hall–Kier alpha value is -12.3. The minimum Gasteiger partial charge on any atom is -0.308 e. The van der Waals surface area contributed by atoms with E-state index in [0.29, 0.717) is 23.3 Å². The summed E-state index contributed by atoms with van der Waals surface area (Å²) in [5.74, 6) is 4.25. The zero-order valence-corrected chi connectivity index (χ0v) is 49.5. The van der Waals surface area contributed by atoms with Gasteiger partial charge < -0.3 is 18.3 Å². The zero-order chi connectivity index (χ0) is 60.0. The first-order chi connectivity index (χ1) is 45.1. The highest BCUT2D eigenvalue weighted by Gasteiger charge is 2.30. The van der Waals surface area contributed by atoms with Crippen molar-refractivity contribution in [3.05, 3.63) is 279 Å². The first-order valence-electron chi connectivity index (χ1n) is 31.1. The summed E-state index contributed by atoms with van der Waals surface area (Å²) in [4.78, 5) is 17.1. The molecule has 0 bridgehead atoms. The highest BCUT2D eigenvalue weighted by molar-refractivity contribution is 6.31. The van der Waals surface area contributed by atoms with Gasteiger partial charge in [0.2, 0.25) is 11.9 Å². The van der Waals surface area contributed by atoms with Crippen molar-refractivity contribution >= 4 is 142 Å². The van der Waals surface area contributed by atoms with Crippen LogP contribution in [0, 0.1) is 12.3 Å². The fraction of sp³-hybridized carbons (Fsp3) is 0.0366. The van der Waals surface area contributed by atoms with Crippen molar-refractivity contribution in [1.29, 1.82) is 0 Å². The summed E-state index contributed by atoms with van der Waals surface area (Å²) in [6.45, 7) is 1.99. The van der Waals surface area contributed by atoms with Crippen LogP contribution in [0.4, 0.5) is 0 Å². The van der Waals surface area contributed by atoms with Crippen LogP contribution in [0.3, 0.4) is 0 Å². The van der Waals surface area contributed by atoms with E-state index in [1.165, 1.54) is 32.8 Å². The lowest BCUT2D eigenvalue weighted by Crippen LogP contribution is -2.12. The van der Waals surface area contributed by atoms with Crippen LogP contribution in [0.5, 0.6) is 0 Å². The number of nitrogens with zero attached hydrogens (tertiary/aromatic N) is 9. The van der Waals surface area contributed by atoms with E-state index >= 15 is 0 Å². The van der Waals surface area contributed by atoms with Crippen molar-refractivity contribution in [2.24, 2.45) is 0 Å². The first kappa shape index (κ1) is 50.9. The molecule has 7 aromatic heterocycles. The lowest BCUT2D eigenvalue weighted by molar-refractivity contribution is 0.876. The minimum absolute atomic E-state index is 0.373. The smallest absolute Gasteiger partial charge is 0.240 e. The van der Waals surface area contributed by atoms with Crippen LogP contribution in [0.2, 0.25) is 0 Å². The van der Waals surface area contributed by atoms with E-state index in [4.69, 9.17) is 21.4 Å². The number of aromatic nitrogens is 9. The van der Waals surface area contributed by atoms with Crippen molar-refractivity contribution in [3.63, 3.8) is 0 Å². The molecule has 426 valence electrons. The van der Waals surface area contributed by atoms with Crippen molar-refractivity contribution in [2.75, 3.05) is 0 Å². The molecule has 9 nitrogen and oxygen atoms in total. The SMILES string of the molecule is C#C/C(=C\C=C/C)c1nc(-n2c3ccccc3c3ccc4c5ccc6c7ccccc7n(C7=CCCC=C7)c6c5n(-c5ccccc5)c4c32)nc(-n2c3ccccc3c3ccc4c5ccc6c7ccccc7n(-c7ccccc7)c6c5n(-c5ccccc5)c4c32)n1. The number of hydrogen-bond donors (Lipinski definition) is 0. The van der Waals surface area contributed by atoms with Crippen molar-refractivity contribution < 1.29 is 0 Å². The molecule has 0 spiro atoms. The maximum absolute atomic E-state index is 6.63. The van der Waals surface area contributed by atoms with Gasteiger partial charge in [0, 0.05) is 87.4 Å². The molecule has 0 unspecified atom stereocenters. The molecule has 7 heterocycles. The second-order valence-corrected chi connectivity index (χ2v) is 23.6. The molecule has 0 radical (unpaired) electrons. The number of terminal acetylenes is 1. The summed E-state index contributed by atoms with van der Waals surface area (Å²) in [5, 5.41) is 13.5. The van der Waals surface area contributed by atoms with E-state index in [1.54, 1.807) is 0 Å². The summed E-state index contributed by atoms with van der Waals surface area (Å²) < 4.78 is 14.4. The Labute approximate surface area is 521 Å². The van der Waals surface area contributed by atoms with E-state index in [9.17, 15) is 0 Å². The van der Waals surface area contributed by atoms with Crippen molar-refractivity contribution in [3.8, 4) is 41.3 Å². The molecule has 0 amide bonds. The van der Waals surface area contributed by atoms with Gasteiger partial charge in [-0.15, -0.1) is 6.42 Å². The maximum Gasteiger partial charge on any atom is 0.240 e. The third kappa shape index (κ3) is 7.15. The fourth-order valence-electron chi connectivity index (χ4n) is 15.2. The molecule has 0 N–H and O–H groups in total. The van der Waals surface area contributed by atoms with E-state index in [0.717, 1.165) is 134 Å². The quantitative estimate of drug-likeness (QED) is 0.112. The van der Waals surface area contributed by atoms with E-state index in [-0.39, 0.29) is 0 Å². The number of fused-ring (bicyclic) bond motifs is 22. The largest absolute Gasteiger partial charge is 0.308 e. The lowest BCUT2D eigenvalue weighted by atomic mass is 10.1. The Bertz CT molecular complexity index is 6320. The van der Waals surface area contributed by atoms with Gasteiger partial charge in [-0.05, 0) is 92.6 Å². The van der Waals surface area contributed by atoms with Gasteiger partial charge in [-0.3, -0.25) is 9.13 Å². The number of rotatable bonds is 8. The van der Waals surface area contributed by atoms with Crippen LogP contribution in [0.15, 0.2) is 273 Å². The van der Waals surface area contributed by atoms with Crippen molar-refractivity contribution in [2.45, 2.75) is 19.8 Å². The molecule has 0 atom stereocenters. The summed E-state index contributed by atoms with van der Waals surface area (Å²) in [6, 6.07) is 85.7. The van der Waals surface area contributed by atoms with Crippen molar-refractivity contribution in [1.82, 2.24) is 42.4 Å². The molecule has 0 fully saturated rings. The molecular formula is C82H53N9. The minimum atomic E-state index is 0.373. The molecule has 0 saturated carbocycles. The van der Waals surface area contributed by atoms with E-state index < -0.39 is 0 Å². The van der Waals surface area contributed by atoms with E-state index in [2.05, 4.69) is 288 Å². The molecule has 1 aliphatic rings.